The monoisotopic (exact) mass is 402 g/mol. The summed E-state index contributed by atoms with van der Waals surface area (Å²) < 4.78 is 10.8. The third kappa shape index (κ3) is 3.98. The fourth-order valence-corrected chi connectivity index (χ4v) is 3.51. The standard InChI is InChI=1S/C24H22N2O4/c1-26(14-22(27)25-18-7-5-8-19(13-18)29-2)23(28)12-17-15-30-21-11-10-16-6-3-4-9-20(16)24(17)21/h3-11,13,15H,12,14H2,1-2H3,(H,25,27). The van der Waals surface area contributed by atoms with Gasteiger partial charge in [-0.1, -0.05) is 36.4 Å². The quantitative estimate of drug-likeness (QED) is 0.524. The lowest BCUT2D eigenvalue weighted by atomic mass is 10.0. The van der Waals surface area contributed by atoms with Gasteiger partial charge < -0.3 is 19.4 Å². The largest absolute Gasteiger partial charge is 0.497 e. The molecule has 0 fully saturated rings. The Balaban J connectivity index is 1.46. The Labute approximate surface area is 174 Å². The van der Waals surface area contributed by atoms with Crippen LogP contribution < -0.4 is 10.1 Å². The van der Waals surface area contributed by atoms with Crippen LogP contribution in [-0.4, -0.2) is 37.4 Å². The lowest BCUT2D eigenvalue weighted by Crippen LogP contribution is -2.35. The number of hydrogen-bond donors (Lipinski definition) is 1. The van der Waals surface area contributed by atoms with Gasteiger partial charge in [0.05, 0.1) is 26.3 Å². The van der Waals surface area contributed by atoms with Crippen molar-refractivity contribution >= 4 is 39.2 Å². The zero-order valence-corrected chi connectivity index (χ0v) is 16.8. The molecule has 0 radical (unpaired) electrons. The normalized spacial score (nSPS) is 10.9. The number of benzene rings is 3. The number of nitrogens with one attached hydrogen (secondary N) is 1. The molecule has 0 saturated heterocycles. The first-order valence-electron chi connectivity index (χ1n) is 9.61. The van der Waals surface area contributed by atoms with E-state index in [0.717, 1.165) is 27.3 Å². The molecule has 4 aromatic rings. The lowest BCUT2D eigenvalue weighted by molar-refractivity contribution is -0.132. The predicted molar refractivity (Wildman–Crippen MR) is 117 cm³/mol. The second-order valence-electron chi connectivity index (χ2n) is 7.13. The maximum atomic E-state index is 12.8. The Hall–Kier alpha value is -3.80. The second-order valence-corrected chi connectivity index (χ2v) is 7.13. The van der Waals surface area contributed by atoms with Crippen molar-refractivity contribution in [2.45, 2.75) is 6.42 Å². The van der Waals surface area contributed by atoms with Crippen LogP contribution in [0.25, 0.3) is 21.7 Å². The SMILES string of the molecule is COc1cccc(NC(=O)CN(C)C(=O)Cc2coc3ccc4ccccc4c23)c1. The van der Waals surface area contributed by atoms with E-state index in [9.17, 15) is 9.59 Å². The molecule has 0 aliphatic carbocycles. The van der Waals surface area contributed by atoms with E-state index in [1.54, 1.807) is 44.7 Å². The lowest BCUT2D eigenvalue weighted by Gasteiger charge is -2.17. The van der Waals surface area contributed by atoms with Crippen LogP contribution in [0.1, 0.15) is 5.56 Å². The van der Waals surface area contributed by atoms with Crippen LogP contribution in [0.5, 0.6) is 5.75 Å². The van der Waals surface area contributed by atoms with E-state index in [0.29, 0.717) is 11.4 Å². The van der Waals surface area contributed by atoms with Gasteiger partial charge in [-0.05, 0) is 29.0 Å². The second kappa shape index (κ2) is 8.29. The summed E-state index contributed by atoms with van der Waals surface area (Å²) in [6, 6.07) is 19.0. The molecule has 1 N–H and O–H groups in total. The van der Waals surface area contributed by atoms with Gasteiger partial charge in [0.25, 0.3) is 0 Å². The van der Waals surface area contributed by atoms with Crippen molar-refractivity contribution in [1.29, 1.82) is 0 Å². The minimum absolute atomic E-state index is 0.0490. The summed E-state index contributed by atoms with van der Waals surface area (Å²) in [6.07, 6.45) is 1.78. The average molecular weight is 402 g/mol. The van der Waals surface area contributed by atoms with E-state index < -0.39 is 0 Å². The Kier molecular flexibility index (Phi) is 5.39. The number of furan rings is 1. The van der Waals surface area contributed by atoms with Crippen LogP contribution in [0.3, 0.4) is 0 Å². The zero-order chi connectivity index (χ0) is 21.1. The number of carbonyl (C=O) groups excluding carboxylic acids is 2. The van der Waals surface area contributed by atoms with Crippen molar-refractivity contribution in [3.05, 3.63) is 72.5 Å². The van der Waals surface area contributed by atoms with Gasteiger partial charge in [-0.2, -0.15) is 0 Å². The molecule has 6 nitrogen and oxygen atoms in total. The van der Waals surface area contributed by atoms with Gasteiger partial charge in [-0.25, -0.2) is 0 Å². The van der Waals surface area contributed by atoms with Gasteiger partial charge >= 0.3 is 0 Å². The number of methoxy groups -OCH3 is 1. The van der Waals surface area contributed by atoms with Gasteiger partial charge in [0.1, 0.15) is 11.3 Å². The number of fused-ring (bicyclic) bond motifs is 3. The van der Waals surface area contributed by atoms with E-state index in [2.05, 4.69) is 5.32 Å². The van der Waals surface area contributed by atoms with Crippen LogP contribution in [0, 0.1) is 0 Å². The predicted octanol–water partition coefficient (Wildman–Crippen LogP) is 4.23. The highest BCUT2D eigenvalue weighted by molar-refractivity contribution is 6.08. The maximum Gasteiger partial charge on any atom is 0.243 e. The van der Waals surface area contributed by atoms with Crippen molar-refractivity contribution in [2.75, 3.05) is 26.0 Å². The molecule has 0 atom stereocenters. The summed E-state index contributed by atoms with van der Waals surface area (Å²) in [5.74, 6) is 0.212. The van der Waals surface area contributed by atoms with Crippen LogP contribution >= 0.6 is 0 Å². The van der Waals surface area contributed by atoms with Crippen molar-refractivity contribution in [2.24, 2.45) is 0 Å². The van der Waals surface area contributed by atoms with E-state index in [-0.39, 0.29) is 24.8 Å². The minimum Gasteiger partial charge on any atom is -0.497 e. The summed E-state index contributed by atoms with van der Waals surface area (Å²) in [4.78, 5) is 26.5. The van der Waals surface area contributed by atoms with E-state index >= 15 is 0 Å². The highest BCUT2D eigenvalue weighted by Crippen LogP contribution is 2.30. The molecule has 152 valence electrons. The average Bonchev–Trinajstić information content (AvgIpc) is 3.17. The minimum atomic E-state index is -0.276. The van der Waals surface area contributed by atoms with Crippen molar-refractivity contribution in [3.8, 4) is 5.75 Å². The molecule has 0 saturated carbocycles. The van der Waals surface area contributed by atoms with Crippen molar-refractivity contribution < 1.29 is 18.7 Å². The first kappa shape index (κ1) is 19.5. The highest BCUT2D eigenvalue weighted by Gasteiger charge is 2.18. The summed E-state index contributed by atoms with van der Waals surface area (Å²) in [5, 5.41) is 5.86. The molecule has 0 aliphatic heterocycles. The van der Waals surface area contributed by atoms with Crippen molar-refractivity contribution in [1.82, 2.24) is 4.90 Å². The number of anilines is 1. The molecule has 1 heterocycles. The third-order valence-electron chi connectivity index (χ3n) is 5.04. The summed E-state index contributed by atoms with van der Waals surface area (Å²) in [6.45, 7) is -0.0490. The number of carbonyl (C=O) groups is 2. The number of hydrogen-bond acceptors (Lipinski definition) is 4. The number of rotatable bonds is 6. The molecule has 0 bridgehead atoms. The Morgan fingerprint density at radius 3 is 2.73 bits per heavy atom. The Bertz CT molecular complexity index is 1230. The molecule has 30 heavy (non-hydrogen) atoms. The first-order chi connectivity index (χ1) is 14.5. The molecule has 3 aromatic carbocycles. The number of nitrogens with zero attached hydrogens (tertiary/aromatic N) is 1. The third-order valence-corrected chi connectivity index (χ3v) is 5.04. The molecule has 0 aliphatic rings. The van der Waals surface area contributed by atoms with Crippen molar-refractivity contribution in [3.63, 3.8) is 0 Å². The number of amides is 2. The summed E-state index contributed by atoms with van der Waals surface area (Å²) in [5.41, 5.74) is 2.18. The molecule has 2 amide bonds. The maximum absolute atomic E-state index is 12.8. The van der Waals surface area contributed by atoms with Gasteiger partial charge in [0.2, 0.25) is 11.8 Å². The molecule has 0 spiro atoms. The van der Waals surface area contributed by atoms with Gasteiger partial charge in [0, 0.05) is 29.8 Å². The molecule has 0 unspecified atom stereocenters. The van der Waals surface area contributed by atoms with Gasteiger partial charge in [-0.3, -0.25) is 9.59 Å². The van der Waals surface area contributed by atoms with Crippen LogP contribution in [-0.2, 0) is 16.0 Å². The topological polar surface area (TPSA) is 71.8 Å². The van der Waals surface area contributed by atoms with Crippen LogP contribution in [0.4, 0.5) is 5.69 Å². The van der Waals surface area contributed by atoms with E-state index in [1.165, 1.54) is 4.90 Å². The Morgan fingerprint density at radius 2 is 1.90 bits per heavy atom. The molecule has 6 heteroatoms. The number of likely N-dealkylation sites (N-methyl/N-ethyl adjacent to an activating group) is 1. The molecule has 1 aromatic heterocycles. The molecular formula is C24H22N2O4. The fourth-order valence-electron chi connectivity index (χ4n) is 3.51. The van der Waals surface area contributed by atoms with Gasteiger partial charge in [-0.15, -0.1) is 0 Å². The molecular weight excluding hydrogens is 380 g/mol. The number of ether oxygens (including phenoxy) is 1. The smallest absolute Gasteiger partial charge is 0.243 e. The fraction of sp³-hybridized carbons (Fsp3) is 0.167. The highest BCUT2D eigenvalue weighted by atomic mass is 16.5. The van der Waals surface area contributed by atoms with Crippen LogP contribution in [0.2, 0.25) is 0 Å². The summed E-state index contributed by atoms with van der Waals surface area (Å²) in [7, 11) is 3.18. The van der Waals surface area contributed by atoms with E-state index in [4.69, 9.17) is 9.15 Å². The first-order valence-corrected chi connectivity index (χ1v) is 9.61. The molecule has 4 rings (SSSR count). The zero-order valence-electron chi connectivity index (χ0n) is 16.8. The Morgan fingerprint density at radius 1 is 1.07 bits per heavy atom. The van der Waals surface area contributed by atoms with E-state index in [1.807, 2.05) is 36.4 Å². The van der Waals surface area contributed by atoms with Gasteiger partial charge in [0.15, 0.2) is 0 Å². The summed E-state index contributed by atoms with van der Waals surface area (Å²) >= 11 is 0. The van der Waals surface area contributed by atoms with Crippen LogP contribution in [0.15, 0.2) is 71.3 Å².